The van der Waals surface area contributed by atoms with Gasteiger partial charge < -0.3 is 15.7 Å². The highest BCUT2D eigenvalue weighted by Gasteiger charge is 2.39. The van der Waals surface area contributed by atoms with Crippen LogP contribution in [0, 0.1) is 0 Å². The highest BCUT2D eigenvalue weighted by molar-refractivity contribution is 7.98. The predicted octanol–water partition coefficient (Wildman–Crippen LogP) is 0.727. The molecule has 1 aliphatic heterocycles. The summed E-state index contributed by atoms with van der Waals surface area (Å²) >= 11 is 1.63. The van der Waals surface area contributed by atoms with Gasteiger partial charge in [-0.05, 0) is 24.0 Å². The zero-order chi connectivity index (χ0) is 18.2. The first kappa shape index (κ1) is 19.3. The first-order chi connectivity index (χ1) is 12.0. The second kappa shape index (κ2) is 9.43. The van der Waals surface area contributed by atoms with Crippen LogP contribution in [0.2, 0.25) is 0 Å². The molecule has 1 heterocycles. The average molecular weight is 365 g/mol. The molecule has 136 valence electrons. The fourth-order valence-electron chi connectivity index (χ4n) is 2.57. The Morgan fingerprint density at radius 2 is 2.08 bits per heavy atom. The number of urea groups is 1. The number of rotatable bonds is 9. The SMILES string of the molecule is CSCC[C@H](CO)NC(=O)C[C@H]1NC(=O)N(Cc2ccccc2)C1=O. The molecule has 1 saturated heterocycles. The molecular formula is C17H23N3O4S. The van der Waals surface area contributed by atoms with Crippen molar-refractivity contribution in [3.05, 3.63) is 35.9 Å². The molecule has 25 heavy (non-hydrogen) atoms. The minimum Gasteiger partial charge on any atom is -0.394 e. The molecule has 1 aromatic carbocycles. The van der Waals surface area contributed by atoms with Gasteiger partial charge in [0.1, 0.15) is 6.04 Å². The Kier molecular flexibility index (Phi) is 7.27. The van der Waals surface area contributed by atoms with Crippen LogP contribution in [-0.2, 0) is 16.1 Å². The van der Waals surface area contributed by atoms with E-state index in [4.69, 9.17) is 0 Å². The summed E-state index contributed by atoms with van der Waals surface area (Å²) < 4.78 is 0. The minimum absolute atomic E-state index is 0.133. The van der Waals surface area contributed by atoms with Gasteiger partial charge in [0.25, 0.3) is 5.91 Å². The maximum atomic E-state index is 12.4. The fraction of sp³-hybridized carbons (Fsp3) is 0.471. The van der Waals surface area contributed by atoms with E-state index in [1.807, 2.05) is 36.6 Å². The van der Waals surface area contributed by atoms with E-state index in [0.29, 0.717) is 6.42 Å². The molecule has 0 aliphatic carbocycles. The number of hydrogen-bond donors (Lipinski definition) is 3. The van der Waals surface area contributed by atoms with Gasteiger partial charge in [-0.25, -0.2) is 4.79 Å². The Morgan fingerprint density at radius 3 is 2.72 bits per heavy atom. The van der Waals surface area contributed by atoms with E-state index in [-0.39, 0.29) is 31.5 Å². The van der Waals surface area contributed by atoms with E-state index >= 15 is 0 Å². The van der Waals surface area contributed by atoms with Crippen LogP contribution in [0.4, 0.5) is 4.79 Å². The summed E-state index contributed by atoms with van der Waals surface area (Å²) in [6.07, 6.45) is 2.46. The third kappa shape index (κ3) is 5.47. The largest absolute Gasteiger partial charge is 0.394 e. The first-order valence-corrected chi connectivity index (χ1v) is 9.49. The van der Waals surface area contributed by atoms with E-state index in [9.17, 15) is 19.5 Å². The fourth-order valence-corrected chi connectivity index (χ4v) is 3.09. The van der Waals surface area contributed by atoms with Crippen molar-refractivity contribution in [1.82, 2.24) is 15.5 Å². The zero-order valence-corrected chi connectivity index (χ0v) is 14.9. The lowest BCUT2D eigenvalue weighted by Gasteiger charge is -2.17. The molecule has 1 aliphatic rings. The van der Waals surface area contributed by atoms with E-state index in [2.05, 4.69) is 10.6 Å². The van der Waals surface area contributed by atoms with Crippen LogP contribution in [0.5, 0.6) is 0 Å². The zero-order valence-electron chi connectivity index (χ0n) is 14.1. The average Bonchev–Trinajstić information content (AvgIpc) is 2.87. The Balaban J connectivity index is 1.89. The van der Waals surface area contributed by atoms with E-state index < -0.39 is 18.0 Å². The van der Waals surface area contributed by atoms with Crippen molar-refractivity contribution in [3.8, 4) is 0 Å². The molecule has 0 bridgehead atoms. The van der Waals surface area contributed by atoms with Crippen molar-refractivity contribution < 1.29 is 19.5 Å². The van der Waals surface area contributed by atoms with Gasteiger partial charge >= 0.3 is 6.03 Å². The summed E-state index contributed by atoms with van der Waals surface area (Å²) in [6.45, 7) is 0.0218. The summed E-state index contributed by atoms with van der Waals surface area (Å²) in [5.74, 6) is 0.0455. The molecule has 0 spiro atoms. The summed E-state index contributed by atoms with van der Waals surface area (Å²) in [4.78, 5) is 37.6. The highest BCUT2D eigenvalue weighted by Crippen LogP contribution is 2.14. The lowest BCUT2D eigenvalue weighted by molar-refractivity contribution is -0.131. The molecule has 1 aromatic rings. The molecule has 8 heteroatoms. The van der Waals surface area contributed by atoms with Crippen LogP contribution in [0.3, 0.4) is 0 Å². The monoisotopic (exact) mass is 365 g/mol. The van der Waals surface area contributed by atoms with Crippen molar-refractivity contribution in [3.63, 3.8) is 0 Å². The standard InChI is InChI=1S/C17H23N3O4S/c1-25-8-7-13(11-21)18-15(22)9-14-16(23)20(17(24)19-14)10-12-5-3-2-4-6-12/h2-6,13-14,21H,7-11H2,1H3,(H,18,22)(H,19,24)/t13-,14-/m1/s1. The Labute approximate surface area is 151 Å². The van der Waals surface area contributed by atoms with Crippen LogP contribution in [0.1, 0.15) is 18.4 Å². The molecule has 0 saturated carbocycles. The number of carbonyl (C=O) groups excluding carboxylic acids is 3. The molecular weight excluding hydrogens is 342 g/mol. The highest BCUT2D eigenvalue weighted by atomic mass is 32.2. The van der Waals surface area contributed by atoms with Crippen LogP contribution in [0.25, 0.3) is 0 Å². The van der Waals surface area contributed by atoms with E-state index in [0.717, 1.165) is 16.2 Å². The minimum atomic E-state index is -0.865. The van der Waals surface area contributed by atoms with Gasteiger partial charge in [-0.1, -0.05) is 30.3 Å². The smallest absolute Gasteiger partial charge is 0.325 e. The second-order valence-electron chi connectivity index (χ2n) is 5.84. The number of carbonyl (C=O) groups is 3. The normalized spacial score (nSPS) is 18.2. The number of hydrogen-bond acceptors (Lipinski definition) is 5. The molecule has 1 fully saturated rings. The van der Waals surface area contributed by atoms with Gasteiger partial charge in [0.2, 0.25) is 5.91 Å². The van der Waals surface area contributed by atoms with E-state index in [1.165, 1.54) is 0 Å². The summed E-state index contributed by atoms with van der Waals surface area (Å²) in [7, 11) is 0. The lowest BCUT2D eigenvalue weighted by atomic mass is 10.1. The number of nitrogens with zero attached hydrogens (tertiary/aromatic N) is 1. The van der Waals surface area contributed by atoms with E-state index in [1.54, 1.807) is 11.8 Å². The molecule has 7 nitrogen and oxygen atoms in total. The van der Waals surface area contributed by atoms with Gasteiger partial charge in [0.15, 0.2) is 0 Å². The summed E-state index contributed by atoms with van der Waals surface area (Å²) in [5, 5.41) is 14.5. The second-order valence-corrected chi connectivity index (χ2v) is 6.83. The van der Waals surface area contributed by atoms with Crippen LogP contribution in [-0.4, -0.2) is 58.6 Å². The van der Waals surface area contributed by atoms with Crippen molar-refractivity contribution in [2.45, 2.75) is 31.5 Å². The maximum absolute atomic E-state index is 12.4. The topological polar surface area (TPSA) is 98.7 Å². The Hall–Kier alpha value is -2.06. The number of imide groups is 1. The number of thioether (sulfide) groups is 1. The van der Waals surface area contributed by atoms with Gasteiger partial charge in [-0.15, -0.1) is 0 Å². The third-order valence-electron chi connectivity index (χ3n) is 3.94. The molecule has 0 unspecified atom stereocenters. The summed E-state index contributed by atoms with van der Waals surface area (Å²) in [5.41, 5.74) is 0.841. The molecule has 0 radical (unpaired) electrons. The quantitative estimate of drug-likeness (QED) is 0.560. The number of aliphatic hydroxyl groups excluding tert-OH is 1. The van der Waals surface area contributed by atoms with Gasteiger partial charge in [-0.2, -0.15) is 11.8 Å². The van der Waals surface area contributed by atoms with Crippen molar-refractivity contribution >= 4 is 29.6 Å². The van der Waals surface area contributed by atoms with Gasteiger partial charge in [0.05, 0.1) is 25.6 Å². The molecule has 0 aromatic heterocycles. The van der Waals surface area contributed by atoms with Crippen molar-refractivity contribution in [2.24, 2.45) is 0 Å². The van der Waals surface area contributed by atoms with Crippen LogP contribution in [0.15, 0.2) is 30.3 Å². The lowest BCUT2D eigenvalue weighted by Crippen LogP contribution is -2.42. The third-order valence-corrected chi connectivity index (χ3v) is 4.58. The van der Waals surface area contributed by atoms with Crippen molar-refractivity contribution in [2.75, 3.05) is 18.6 Å². The molecule has 2 atom stereocenters. The van der Waals surface area contributed by atoms with Crippen LogP contribution >= 0.6 is 11.8 Å². The number of amides is 4. The Morgan fingerprint density at radius 1 is 1.36 bits per heavy atom. The number of benzene rings is 1. The Bertz CT molecular complexity index is 611. The first-order valence-electron chi connectivity index (χ1n) is 8.10. The summed E-state index contributed by atoms with van der Waals surface area (Å²) in [6, 6.07) is 7.49. The van der Waals surface area contributed by atoms with Crippen molar-refractivity contribution in [1.29, 1.82) is 0 Å². The molecule has 2 rings (SSSR count). The number of nitrogens with one attached hydrogen (secondary N) is 2. The maximum Gasteiger partial charge on any atom is 0.325 e. The molecule has 3 N–H and O–H groups in total. The predicted molar refractivity (Wildman–Crippen MR) is 95.9 cm³/mol. The molecule has 4 amide bonds. The van der Waals surface area contributed by atoms with Crippen LogP contribution < -0.4 is 10.6 Å². The van der Waals surface area contributed by atoms with Gasteiger partial charge in [0, 0.05) is 0 Å². The van der Waals surface area contributed by atoms with Gasteiger partial charge in [-0.3, -0.25) is 14.5 Å². The number of aliphatic hydroxyl groups is 1.